The number of carboxylic acid groups (broad SMARTS) is 1. The van der Waals surface area contributed by atoms with Gasteiger partial charge in [-0.05, 0) is 30.1 Å². The standard InChI is InChI=1S/C14H20N2O3S/c1-11(10-20-2)8-15-14(19)16(9-13(17)18)12-6-4-3-5-7-12/h3-7,11H,8-10H2,1-2H3,(H,15,19)(H,17,18). The molecule has 20 heavy (non-hydrogen) atoms. The Morgan fingerprint density at radius 2 is 2.00 bits per heavy atom. The molecular weight excluding hydrogens is 276 g/mol. The lowest BCUT2D eigenvalue weighted by Crippen LogP contribution is -2.44. The van der Waals surface area contributed by atoms with Crippen molar-refractivity contribution in [3.63, 3.8) is 0 Å². The largest absolute Gasteiger partial charge is 0.480 e. The molecule has 0 saturated heterocycles. The number of amides is 2. The maximum absolute atomic E-state index is 12.1. The minimum atomic E-state index is -1.04. The Kier molecular flexibility index (Phi) is 6.93. The third kappa shape index (κ3) is 5.52. The predicted molar refractivity (Wildman–Crippen MR) is 82.4 cm³/mol. The average Bonchev–Trinajstić information content (AvgIpc) is 2.43. The maximum Gasteiger partial charge on any atom is 0.323 e. The molecule has 6 heteroatoms. The molecule has 5 nitrogen and oxygen atoms in total. The minimum absolute atomic E-state index is 0.344. The van der Waals surface area contributed by atoms with Crippen LogP contribution in [0.4, 0.5) is 10.5 Å². The summed E-state index contributed by atoms with van der Waals surface area (Å²) in [6.07, 6.45) is 2.01. The van der Waals surface area contributed by atoms with Crippen LogP contribution >= 0.6 is 11.8 Å². The number of aliphatic carboxylic acids is 1. The van der Waals surface area contributed by atoms with E-state index in [9.17, 15) is 9.59 Å². The van der Waals surface area contributed by atoms with Crippen molar-refractivity contribution in [2.45, 2.75) is 6.92 Å². The molecule has 1 aromatic carbocycles. The van der Waals surface area contributed by atoms with Gasteiger partial charge in [-0.25, -0.2) is 4.79 Å². The molecule has 1 aromatic rings. The number of urea groups is 1. The molecule has 0 radical (unpaired) electrons. The zero-order valence-electron chi connectivity index (χ0n) is 11.7. The molecule has 0 aliphatic carbocycles. The van der Waals surface area contributed by atoms with Gasteiger partial charge in [0.1, 0.15) is 6.54 Å². The van der Waals surface area contributed by atoms with Gasteiger partial charge in [-0.2, -0.15) is 11.8 Å². The molecule has 0 saturated carbocycles. The fourth-order valence-corrected chi connectivity index (χ4v) is 2.41. The normalized spacial score (nSPS) is 11.7. The molecule has 1 rings (SSSR count). The highest BCUT2D eigenvalue weighted by molar-refractivity contribution is 7.98. The number of nitrogens with one attached hydrogen (secondary N) is 1. The number of carboxylic acids is 1. The van der Waals surface area contributed by atoms with Gasteiger partial charge in [-0.3, -0.25) is 9.69 Å². The second kappa shape index (κ2) is 8.47. The Labute approximate surface area is 123 Å². The van der Waals surface area contributed by atoms with Gasteiger partial charge in [0.25, 0.3) is 0 Å². The predicted octanol–water partition coefficient (Wildman–Crippen LogP) is 2.29. The first-order valence-electron chi connectivity index (χ1n) is 6.35. The third-order valence-corrected chi connectivity index (χ3v) is 3.56. The van der Waals surface area contributed by atoms with Gasteiger partial charge in [0, 0.05) is 12.2 Å². The Hall–Kier alpha value is -1.69. The van der Waals surface area contributed by atoms with Crippen LogP contribution in [0.1, 0.15) is 6.92 Å². The number of carbonyl (C=O) groups excluding carboxylic acids is 1. The Morgan fingerprint density at radius 1 is 1.35 bits per heavy atom. The molecule has 0 bridgehead atoms. The second-order valence-corrected chi connectivity index (χ2v) is 5.47. The Balaban J connectivity index is 2.68. The van der Waals surface area contributed by atoms with Gasteiger partial charge in [-0.1, -0.05) is 25.1 Å². The monoisotopic (exact) mass is 296 g/mol. The Morgan fingerprint density at radius 3 is 2.55 bits per heavy atom. The highest BCUT2D eigenvalue weighted by atomic mass is 32.2. The number of thioether (sulfide) groups is 1. The summed E-state index contributed by atoms with van der Waals surface area (Å²) in [5, 5.41) is 11.7. The van der Waals surface area contributed by atoms with Gasteiger partial charge in [0.15, 0.2) is 0 Å². The summed E-state index contributed by atoms with van der Waals surface area (Å²) in [5.41, 5.74) is 0.574. The van der Waals surface area contributed by atoms with Crippen molar-refractivity contribution in [3.05, 3.63) is 30.3 Å². The lowest BCUT2D eigenvalue weighted by atomic mass is 10.2. The van der Waals surface area contributed by atoms with Crippen molar-refractivity contribution >= 4 is 29.4 Å². The molecule has 0 heterocycles. The summed E-state index contributed by atoms with van der Waals surface area (Å²) in [7, 11) is 0. The fraction of sp³-hybridized carbons (Fsp3) is 0.429. The van der Waals surface area contributed by atoms with Gasteiger partial charge in [0.2, 0.25) is 0 Å². The van der Waals surface area contributed by atoms with E-state index < -0.39 is 5.97 Å². The first-order valence-corrected chi connectivity index (χ1v) is 7.75. The van der Waals surface area contributed by atoms with Crippen LogP contribution in [0.3, 0.4) is 0 Å². The van der Waals surface area contributed by atoms with Gasteiger partial charge < -0.3 is 10.4 Å². The van der Waals surface area contributed by atoms with Gasteiger partial charge in [0.05, 0.1) is 0 Å². The number of benzene rings is 1. The van der Waals surface area contributed by atoms with E-state index in [1.54, 1.807) is 36.0 Å². The van der Waals surface area contributed by atoms with Crippen LogP contribution in [0.5, 0.6) is 0 Å². The van der Waals surface area contributed by atoms with E-state index in [1.165, 1.54) is 4.90 Å². The summed E-state index contributed by atoms with van der Waals surface area (Å²) < 4.78 is 0. The summed E-state index contributed by atoms with van der Waals surface area (Å²) >= 11 is 1.72. The van der Waals surface area contributed by atoms with Crippen LogP contribution in [0.25, 0.3) is 0 Å². The molecule has 0 spiro atoms. The van der Waals surface area contributed by atoms with E-state index >= 15 is 0 Å². The topological polar surface area (TPSA) is 69.6 Å². The number of hydrogen-bond donors (Lipinski definition) is 2. The van der Waals surface area contributed by atoms with Crippen LogP contribution in [-0.2, 0) is 4.79 Å². The van der Waals surface area contributed by atoms with Gasteiger partial charge in [-0.15, -0.1) is 0 Å². The van der Waals surface area contributed by atoms with Crippen LogP contribution in [0, 0.1) is 5.92 Å². The molecule has 0 fully saturated rings. The van der Waals surface area contributed by atoms with E-state index in [-0.39, 0.29) is 12.6 Å². The number of hydrogen-bond acceptors (Lipinski definition) is 3. The van der Waals surface area contributed by atoms with Crippen LogP contribution in [0.15, 0.2) is 30.3 Å². The molecule has 0 aromatic heterocycles. The second-order valence-electron chi connectivity index (χ2n) is 4.56. The quantitative estimate of drug-likeness (QED) is 0.810. The number of rotatable bonds is 7. The van der Waals surface area contributed by atoms with Crippen LogP contribution < -0.4 is 10.2 Å². The summed E-state index contributed by atoms with van der Waals surface area (Å²) in [6, 6.07) is 8.41. The highest BCUT2D eigenvalue weighted by Crippen LogP contribution is 2.13. The summed E-state index contributed by atoms with van der Waals surface area (Å²) in [4.78, 5) is 24.3. The van der Waals surface area contributed by atoms with E-state index in [4.69, 9.17) is 5.11 Å². The number of anilines is 1. The van der Waals surface area contributed by atoms with Crippen molar-refractivity contribution in [1.82, 2.24) is 5.32 Å². The van der Waals surface area contributed by atoms with E-state index in [1.807, 2.05) is 19.2 Å². The highest BCUT2D eigenvalue weighted by Gasteiger charge is 2.18. The molecule has 1 unspecified atom stereocenters. The van der Waals surface area contributed by atoms with E-state index in [0.717, 1.165) is 5.75 Å². The van der Waals surface area contributed by atoms with E-state index in [2.05, 4.69) is 5.32 Å². The molecule has 110 valence electrons. The maximum atomic E-state index is 12.1. The van der Waals surface area contributed by atoms with Crippen molar-refractivity contribution in [2.24, 2.45) is 5.92 Å². The van der Waals surface area contributed by atoms with E-state index in [0.29, 0.717) is 18.2 Å². The first kappa shape index (κ1) is 16.4. The van der Waals surface area contributed by atoms with Gasteiger partial charge >= 0.3 is 12.0 Å². The number of carbonyl (C=O) groups is 2. The summed E-state index contributed by atoms with van der Waals surface area (Å²) in [5.74, 6) is 0.252. The van der Waals surface area contributed by atoms with Crippen molar-refractivity contribution in [2.75, 3.05) is 30.0 Å². The SMILES string of the molecule is CSCC(C)CNC(=O)N(CC(=O)O)c1ccccc1. The Bertz CT molecular complexity index is 439. The number of nitrogens with zero attached hydrogens (tertiary/aromatic N) is 1. The minimum Gasteiger partial charge on any atom is -0.480 e. The van der Waals surface area contributed by atoms with Crippen LogP contribution in [-0.4, -0.2) is 42.2 Å². The fourth-order valence-electron chi connectivity index (χ4n) is 1.72. The first-order chi connectivity index (χ1) is 9.54. The zero-order chi connectivity index (χ0) is 15.0. The lowest BCUT2D eigenvalue weighted by Gasteiger charge is -2.22. The van der Waals surface area contributed by atoms with Crippen molar-refractivity contribution in [3.8, 4) is 0 Å². The zero-order valence-corrected chi connectivity index (χ0v) is 12.5. The van der Waals surface area contributed by atoms with Crippen molar-refractivity contribution in [1.29, 1.82) is 0 Å². The van der Waals surface area contributed by atoms with Crippen LogP contribution in [0.2, 0.25) is 0 Å². The summed E-state index contributed by atoms with van der Waals surface area (Å²) in [6.45, 7) is 2.22. The molecule has 1 atom stereocenters. The number of para-hydroxylation sites is 1. The average molecular weight is 296 g/mol. The molecule has 2 N–H and O–H groups in total. The molecule has 0 aliphatic heterocycles. The third-order valence-electron chi connectivity index (χ3n) is 2.66. The molecule has 2 amide bonds. The van der Waals surface area contributed by atoms with Crippen molar-refractivity contribution < 1.29 is 14.7 Å². The molecule has 0 aliphatic rings. The lowest BCUT2D eigenvalue weighted by molar-refractivity contribution is -0.135. The smallest absolute Gasteiger partial charge is 0.323 e. The molecular formula is C14H20N2O3S.